The maximum absolute atomic E-state index is 14.5. The van der Waals surface area contributed by atoms with Crippen LogP contribution in [0.3, 0.4) is 0 Å². The molecule has 180 valence electrons. The van der Waals surface area contributed by atoms with E-state index < -0.39 is 34.2 Å². The first-order valence-electron chi connectivity index (χ1n) is 11.1. The molecule has 1 aliphatic carbocycles. The Kier molecular flexibility index (Phi) is 6.83. The van der Waals surface area contributed by atoms with Crippen molar-refractivity contribution in [3.05, 3.63) is 41.8 Å². The van der Waals surface area contributed by atoms with Gasteiger partial charge in [-0.05, 0) is 37.3 Å². The van der Waals surface area contributed by atoms with E-state index in [0.717, 1.165) is 12.8 Å². The summed E-state index contributed by atoms with van der Waals surface area (Å²) >= 11 is 0. The summed E-state index contributed by atoms with van der Waals surface area (Å²) < 4.78 is 21.5. The van der Waals surface area contributed by atoms with Gasteiger partial charge in [0.2, 0.25) is 5.88 Å². The standard InChI is InChI=1S/C24H32FN3O5/c1-22(2,3)23(4,32)15-33-19-13-17(27-28(19)18-10-6-5-9-16(18)25)21(31)26-24(14-20(29)30)11-7-8-12-24/h5-6,9-10,13,32H,7-8,11-12,14-15H2,1-4H3,(H,26,31)(H,29,30). The number of carbonyl (C=O) groups excluding carboxylic acids is 1. The quantitative estimate of drug-likeness (QED) is 0.552. The van der Waals surface area contributed by atoms with Crippen molar-refractivity contribution in [3.63, 3.8) is 0 Å². The Labute approximate surface area is 192 Å². The molecule has 1 amide bonds. The van der Waals surface area contributed by atoms with Crippen LogP contribution in [0.5, 0.6) is 5.88 Å². The summed E-state index contributed by atoms with van der Waals surface area (Å²) in [6.07, 6.45) is 2.61. The van der Waals surface area contributed by atoms with Crippen molar-refractivity contribution in [2.24, 2.45) is 5.41 Å². The Hall–Kier alpha value is -2.94. The van der Waals surface area contributed by atoms with Crippen LogP contribution in [0.1, 0.15) is 70.3 Å². The van der Waals surface area contributed by atoms with Gasteiger partial charge in [0.1, 0.15) is 23.7 Å². The van der Waals surface area contributed by atoms with Gasteiger partial charge in [-0.1, -0.05) is 45.7 Å². The van der Waals surface area contributed by atoms with Crippen molar-refractivity contribution in [2.45, 2.75) is 70.9 Å². The van der Waals surface area contributed by atoms with Crippen LogP contribution in [0.15, 0.2) is 30.3 Å². The summed E-state index contributed by atoms with van der Waals surface area (Å²) in [6, 6.07) is 7.32. The van der Waals surface area contributed by atoms with E-state index in [1.54, 1.807) is 13.0 Å². The first-order valence-corrected chi connectivity index (χ1v) is 11.1. The molecule has 9 heteroatoms. The summed E-state index contributed by atoms with van der Waals surface area (Å²) in [5.74, 6) is -2.00. The zero-order valence-electron chi connectivity index (χ0n) is 19.5. The minimum Gasteiger partial charge on any atom is -0.481 e. The van der Waals surface area contributed by atoms with E-state index in [1.165, 1.54) is 28.9 Å². The molecule has 1 atom stereocenters. The second-order valence-electron chi connectivity index (χ2n) is 10.1. The van der Waals surface area contributed by atoms with Crippen LogP contribution in [0.25, 0.3) is 5.69 Å². The number of hydrogen-bond acceptors (Lipinski definition) is 5. The van der Waals surface area contributed by atoms with Crippen LogP contribution in [0.2, 0.25) is 0 Å². The smallest absolute Gasteiger partial charge is 0.305 e. The van der Waals surface area contributed by atoms with Gasteiger partial charge in [0.15, 0.2) is 5.69 Å². The molecule has 1 unspecified atom stereocenters. The van der Waals surface area contributed by atoms with E-state index >= 15 is 0 Å². The molecule has 1 aromatic carbocycles. The minimum atomic E-state index is -1.21. The number of nitrogens with one attached hydrogen (secondary N) is 1. The zero-order valence-corrected chi connectivity index (χ0v) is 19.5. The highest BCUT2D eigenvalue weighted by Gasteiger charge is 2.39. The average molecular weight is 462 g/mol. The third kappa shape index (κ3) is 5.52. The lowest BCUT2D eigenvalue weighted by Gasteiger charge is -2.36. The van der Waals surface area contributed by atoms with Gasteiger partial charge in [-0.25, -0.2) is 4.39 Å². The highest BCUT2D eigenvalue weighted by molar-refractivity contribution is 5.93. The van der Waals surface area contributed by atoms with Gasteiger partial charge in [0.05, 0.1) is 12.0 Å². The van der Waals surface area contributed by atoms with E-state index in [9.17, 15) is 24.2 Å². The summed E-state index contributed by atoms with van der Waals surface area (Å²) in [6.45, 7) is 7.13. The van der Waals surface area contributed by atoms with Crippen molar-refractivity contribution >= 4 is 11.9 Å². The number of ether oxygens (including phenoxy) is 1. The molecule has 0 spiro atoms. The first-order chi connectivity index (χ1) is 15.3. The van der Waals surface area contributed by atoms with Crippen LogP contribution in [-0.2, 0) is 4.79 Å². The fraction of sp³-hybridized carbons (Fsp3) is 0.542. The third-order valence-electron chi connectivity index (χ3n) is 6.54. The average Bonchev–Trinajstić information content (AvgIpc) is 3.33. The number of aliphatic hydroxyl groups is 1. The maximum atomic E-state index is 14.5. The van der Waals surface area contributed by atoms with Crippen molar-refractivity contribution in [3.8, 4) is 11.6 Å². The SMILES string of the molecule is CC(C)(C)C(C)(O)COc1cc(C(=O)NC2(CC(=O)O)CCCC2)nn1-c1ccccc1F. The van der Waals surface area contributed by atoms with Gasteiger partial charge < -0.3 is 20.3 Å². The van der Waals surface area contributed by atoms with Crippen LogP contribution in [0.4, 0.5) is 4.39 Å². The number of benzene rings is 1. The van der Waals surface area contributed by atoms with Crippen molar-refractivity contribution < 1.29 is 28.9 Å². The molecule has 0 aliphatic heterocycles. The predicted octanol–water partition coefficient (Wildman–Crippen LogP) is 3.70. The number of carbonyl (C=O) groups is 2. The number of aromatic nitrogens is 2. The summed E-state index contributed by atoms with van der Waals surface area (Å²) in [7, 11) is 0. The number of amides is 1. The number of carboxylic acids is 1. The normalized spacial score (nSPS) is 17.4. The van der Waals surface area contributed by atoms with E-state index in [-0.39, 0.29) is 30.3 Å². The molecule has 1 saturated carbocycles. The largest absolute Gasteiger partial charge is 0.481 e. The van der Waals surface area contributed by atoms with Crippen LogP contribution in [-0.4, -0.2) is 49.6 Å². The highest BCUT2D eigenvalue weighted by atomic mass is 19.1. The van der Waals surface area contributed by atoms with Gasteiger partial charge in [-0.15, -0.1) is 0 Å². The third-order valence-corrected chi connectivity index (χ3v) is 6.54. The topological polar surface area (TPSA) is 114 Å². The van der Waals surface area contributed by atoms with Crippen LogP contribution in [0, 0.1) is 11.2 Å². The molecule has 1 aromatic heterocycles. The van der Waals surface area contributed by atoms with Gasteiger partial charge in [-0.2, -0.15) is 9.78 Å². The fourth-order valence-electron chi connectivity index (χ4n) is 3.80. The molecule has 1 fully saturated rings. The van der Waals surface area contributed by atoms with Gasteiger partial charge in [-0.3, -0.25) is 9.59 Å². The number of nitrogens with zero attached hydrogens (tertiary/aromatic N) is 2. The fourth-order valence-corrected chi connectivity index (χ4v) is 3.80. The van der Waals surface area contributed by atoms with Crippen LogP contribution < -0.4 is 10.1 Å². The summed E-state index contributed by atoms with van der Waals surface area (Å²) in [4.78, 5) is 24.4. The van der Waals surface area contributed by atoms with E-state index in [1.807, 2.05) is 20.8 Å². The number of halogens is 1. The maximum Gasteiger partial charge on any atom is 0.305 e. The summed E-state index contributed by atoms with van der Waals surface area (Å²) in [5, 5.41) is 27.2. The number of aliphatic carboxylic acids is 1. The second-order valence-corrected chi connectivity index (χ2v) is 10.1. The van der Waals surface area contributed by atoms with Gasteiger partial charge in [0.25, 0.3) is 5.91 Å². The summed E-state index contributed by atoms with van der Waals surface area (Å²) in [5.41, 5.74) is -2.48. The molecule has 0 radical (unpaired) electrons. The second kappa shape index (κ2) is 9.13. The number of carboxylic acid groups (broad SMARTS) is 1. The molecule has 3 N–H and O–H groups in total. The minimum absolute atomic E-state index is 0.0275. The van der Waals surface area contributed by atoms with Crippen LogP contribution >= 0.6 is 0 Å². The lowest BCUT2D eigenvalue weighted by molar-refractivity contribution is -0.138. The van der Waals surface area contributed by atoms with Gasteiger partial charge in [0, 0.05) is 6.07 Å². The Balaban J connectivity index is 1.93. The predicted molar refractivity (Wildman–Crippen MR) is 120 cm³/mol. The monoisotopic (exact) mass is 461 g/mol. The number of para-hydroxylation sites is 1. The number of rotatable bonds is 8. The van der Waals surface area contributed by atoms with Crippen molar-refractivity contribution in [1.29, 1.82) is 0 Å². The molecule has 0 bridgehead atoms. The Morgan fingerprint density at radius 1 is 1.21 bits per heavy atom. The zero-order chi connectivity index (χ0) is 24.4. The molecule has 1 heterocycles. The van der Waals surface area contributed by atoms with Crippen molar-refractivity contribution in [1.82, 2.24) is 15.1 Å². The van der Waals surface area contributed by atoms with E-state index in [2.05, 4.69) is 10.4 Å². The van der Waals surface area contributed by atoms with Gasteiger partial charge >= 0.3 is 5.97 Å². The molecule has 0 saturated heterocycles. The highest BCUT2D eigenvalue weighted by Crippen LogP contribution is 2.34. The Bertz CT molecular complexity index is 1020. The molecule has 2 aromatic rings. The molecular weight excluding hydrogens is 429 g/mol. The lowest BCUT2D eigenvalue weighted by Crippen LogP contribution is -2.48. The Morgan fingerprint density at radius 3 is 2.42 bits per heavy atom. The van der Waals surface area contributed by atoms with E-state index in [0.29, 0.717) is 12.8 Å². The number of hydrogen-bond donors (Lipinski definition) is 3. The lowest BCUT2D eigenvalue weighted by atomic mass is 9.78. The molecule has 33 heavy (non-hydrogen) atoms. The molecule has 1 aliphatic rings. The molecular formula is C24H32FN3O5. The molecule has 8 nitrogen and oxygen atoms in total. The molecule has 3 rings (SSSR count). The Morgan fingerprint density at radius 2 is 1.85 bits per heavy atom. The van der Waals surface area contributed by atoms with Crippen molar-refractivity contribution in [2.75, 3.05) is 6.61 Å². The first kappa shape index (κ1) is 24.7. The van der Waals surface area contributed by atoms with E-state index in [4.69, 9.17) is 4.74 Å².